The van der Waals surface area contributed by atoms with E-state index in [1.165, 1.54) is 36.2 Å². The van der Waals surface area contributed by atoms with Gasteiger partial charge in [-0.3, -0.25) is 0 Å². The van der Waals surface area contributed by atoms with Crippen LogP contribution in [0.5, 0.6) is 0 Å². The SMILES string of the molecule is Cc1nc(NCC2CCNCC2)nc2c1CCC2. The number of aryl methyl sites for hydroxylation is 2. The summed E-state index contributed by atoms with van der Waals surface area (Å²) in [5.74, 6) is 1.61. The van der Waals surface area contributed by atoms with Crippen LogP contribution in [-0.4, -0.2) is 29.6 Å². The maximum atomic E-state index is 4.66. The molecule has 0 amide bonds. The van der Waals surface area contributed by atoms with E-state index in [4.69, 9.17) is 0 Å². The molecule has 2 N–H and O–H groups in total. The zero-order chi connectivity index (χ0) is 12.4. The van der Waals surface area contributed by atoms with Crippen LogP contribution in [0.3, 0.4) is 0 Å². The van der Waals surface area contributed by atoms with E-state index in [0.717, 1.165) is 44.3 Å². The van der Waals surface area contributed by atoms with Crippen LogP contribution in [0.4, 0.5) is 5.95 Å². The largest absolute Gasteiger partial charge is 0.354 e. The number of hydrogen-bond donors (Lipinski definition) is 2. The molecule has 3 rings (SSSR count). The summed E-state index contributed by atoms with van der Waals surface area (Å²) in [6.45, 7) is 5.42. The molecule has 0 bridgehead atoms. The summed E-state index contributed by atoms with van der Waals surface area (Å²) >= 11 is 0. The van der Waals surface area contributed by atoms with E-state index in [2.05, 4.69) is 27.5 Å². The molecule has 18 heavy (non-hydrogen) atoms. The second-order valence-electron chi connectivity index (χ2n) is 5.49. The molecular formula is C14H22N4. The van der Waals surface area contributed by atoms with Crippen LogP contribution in [0.1, 0.15) is 36.2 Å². The third-order valence-corrected chi connectivity index (χ3v) is 4.15. The van der Waals surface area contributed by atoms with Crippen molar-refractivity contribution in [3.63, 3.8) is 0 Å². The van der Waals surface area contributed by atoms with Gasteiger partial charge in [-0.15, -0.1) is 0 Å². The summed E-state index contributed by atoms with van der Waals surface area (Å²) < 4.78 is 0. The Balaban J connectivity index is 1.64. The van der Waals surface area contributed by atoms with E-state index < -0.39 is 0 Å². The van der Waals surface area contributed by atoms with Gasteiger partial charge in [-0.2, -0.15) is 0 Å². The third-order valence-electron chi connectivity index (χ3n) is 4.15. The highest BCUT2D eigenvalue weighted by Gasteiger charge is 2.18. The molecule has 0 unspecified atom stereocenters. The van der Waals surface area contributed by atoms with Gasteiger partial charge >= 0.3 is 0 Å². The van der Waals surface area contributed by atoms with Crippen molar-refractivity contribution in [3.05, 3.63) is 17.0 Å². The average molecular weight is 246 g/mol. The third kappa shape index (κ3) is 2.48. The number of fused-ring (bicyclic) bond motifs is 1. The molecule has 1 aliphatic carbocycles. The van der Waals surface area contributed by atoms with Gasteiger partial charge in [0.25, 0.3) is 0 Å². The smallest absolute Gasteiger partial charge is 0.223 e. The van der Waals surface area contributed by atoms with Gasteiger partial charge in [0.2, 0.25) is 5.95 Å². The Hall–Kier alpha value is -1.16. The highest BCUT2D eigenvalue weighted by molar-refractivity contribution is 5.36. The average Bonchev–Trinajstić information content (AvgIpc) is 2.86. The molecule has 1 aliphatic heterocycles. The summed E-state index contributed by atoms with van der Waals surface area (Å²) in [6, 6.07) is 0. The van der Waals surface area contributed by atoms with Crippen LogP contribution in [0.25, 0.3) is 0 Å². The fourth-order valence-corrected chi connectivity index (χ4v) is 3.02. The van der Waals surface area contributed by atoms with Crippen LogP contribution < -0.4 is 10.6 Å². The molecular weight excluding hydrogens is 224 g/mol. The molecule has 2 aliphatic rings. The van der Waals surface area contributed by atoms with Gasteiger partial charge in [-0.1, -0.05) is 0 Å². The lowest BCUT2D eigenvalue weighted by atomic mass is 9.98. The second-order valence-corrected chi connectivity index (χ2v) is 5.49. The minimum Gasteiger partial charge on any atom is -0.354 e. The van der Waals surface area contributed by atoms with Crippen LogP contribution in [-0.2, 0) is 12.8 Å². The van der Waals surface area contributed by atoms with Gasteiger partial charge in [0.15, 0.2) is 0 Å². The van der Waals surface area contributed by atoms with Gasteiger partial charge in [0, 0.05) is 17.9 Å². The van der Waals surface area contributed by atoms with E-state index in [0.29, 0.717) is 0 Å². The Morgan fingerprint density at radius 3 is 2.89 bits per heavy atom. The first kappa shape index (κ1) is 11.9. The predicted molar refractivity (Wildman–Crippen MR) is 72.9 cm³/mol. The van der Waals surface area contributed by atoms with Gasteiger partial charge < -0.3 is 10.6 Å². The zero-order valence-corrected chi connectivity index (χ0v) is 11.1. The summed E-state index contributed by atoms with van der Waals surface area (Å²) in [5, 5.41) is 6.83. The Morgan fingerprint density at radius 1 is 1.22 bits per heavy atom. The van der Waals surface area contributed by atoms with E-state index in [9.17, 15) is 0 Å². The maximum absolute atomic E-state index is 4.66. The minimum atomic E-state index is 0.767. The lowest BCUT2D eigenvalue weighted by Gasteiger charge is -2.22. The van der Waals surface area contributed by atoms with Crippen molar-refractivity contribution >= 4 is 5.95 Å². The number of nitrogens with zero attached hydrogens (tertiary/aromatic N) is 2. The fraction of sp³-hybridized carbons (Fsp3) is 0.714. The summed E-state index contributed by atoms with van der Waals surface area (Å²) in [6.07, 6.45) is 6.05. The summed E-state index contributed by atoms with van der Waals surface area (Å²) in [7, 11) is 0. The number of hydrogen-bond acceptors (Lipinski definition) is 4. The van der Waals surface area contributed by atoms with Crippen molar-refractivity contribution in [1.82, 2.24) is 15.3 Å². The van der Waals surface area contributed by atoms with Gasteiger partial charge in [-0.05, 0) is 63.6 Å². The van der Waals surface area contributed by atoms with Crippen molar-refractivity contribution in [2.45, 2.75) is 39.0 Å². The van der Waals surface area contributed by atoms with Gasteiger partial charge in [0.05, 0.1) is 0 Å². The molecule has 1 aromatic rings. The summed E-state index contributed by atoms with van der Waals surface area (Å²) in [5.41, 5.74) is 3.84. The maximum Gasteiger partial charge on any atom is 0.223 e. The molecule has 0 radical (unpaired) electrons. The predicted octanol–water partition coefficient (Wildman–Crippen LogP) is 1.69. The van der Waals surface area contributed by atoms with Crippen LogP contribution in [0, 0.1) is 12.8 Å². The van der Waals surface area contributed by atoms with E-state index >= 15 is 0 Å². The quantitative estimate of drug-likeness (QED) is 0.852. The molecule has 0 aromatic carbocycles. The standard InChI is InChI=1S/C14H22N4/c1-10-12-3-2-4-13(12)18-14(17-10)16-9-11-5-7-15-8-6-11/h11,15H,2-9H2,1H3,(H,16,17,18). The molecule has 0 spiro atoms. The van der Waals surface area contributed by atoms with Crippen molar-refractivity contribution in [3.8, 4) is 0 Å². The lowest BCUT2D eigenvalue weighted by Crippen LogP contribution is -2.31. The second kappa shape index (κ2) is 5.22. The van der Waals surface area contributed by atoms with Crippen LogP contribution in [0.15, 0.2) is 0 Å². The van der Waals surface area contributed by atoms with E-state index in [1.54, 1.807) is 0 Å². The number of nitrogens with one attached hydrogen (secondary N) is 2. The molecule has 4 nitrogen and oxygen atoms in total. The topological polar surface area (TPSA) is 49.8 Å². The Morgan fingerprint density at radius 2 is 2.06 bits per heavy atom. The first-order valence-electron chi connectivity index (χ1n) is 7.14. The molecule has 0 atom stereocenters. The molecule has 1 fully saturated rings. The number of anilines is 1. The normalized spacial score (nSPS) is 19.8. The minimum absolute atomic E-state index is 0.767. The first-order valence-corrected chi connectivity index (χ1v) is 7.14. The van der Waals surface area contributed by atoms with Gasteiger partial charge in [0.1, 0.15) is 0 Å². The lowest BCUT2D eigenvalue weighted by molar-refractivity contribution is 0.389. The van der Waals surface area contributed by atoms with Crippen molar-refractivity contribution < 1.29 is 0 Å². The highest BCUT2D eigenvalue weighted by atomic mass is 15.1. The Kier molecular flexibility index (Phi) is 3.46. The first-order chi connectivity index (χ1) is 8.83. The molecule has 4 heteroatoms. The highest BCUT2D eigenvalue weighted by Crippen LogP contribution is 2.23. The molecule has 1 saturated heterocycles. The summed E-state index contributed by atoms with van der Waals surface area (Å²) in [4.78, 5) is 9.25. The van der Waals surface area contributed by atoms with E-state index in [1.807, 2.05) is 0 Å². The van der Waals surface area contributed by atoms with Crippen molar-refractivity contribution in [2.24, 2.45) is 5.92 Å². The van der Waals surface area contributed by atoms with Crippen molar-refractivity contribution in [1.29, 1.82) is 0 Å². The van der Waals surface area contributed by atoms with Crippen LogP contribution in [0.2, 0.25) is 0 Å². The fourth-order valence-electron chi connectivity index (χ4n) is 3.02. The van der Waals surface area contributed by atoms with Crippen molar-refractivity contribution in [2.75, 3.05) is 25.0 Å². The zero-order valence-electron chi connectivity index (χ0n) is 11.1. The molecule has 2 heterocycles. The Bertz CT molecular complexity index is 424. The number of aromatic nitrogens is 2. The Labute approximate surface area is 109 Å². The molecule has 98 valence electrons. The molecule has 1 aromatic heterocycles. The van der Waals surface area contributed by atoms with Gasteiger partial charge in [-0.25, -0.2) is 9.97 Å². The number of rotatable bonds is 3. The number of piperidine rings is 1. The van der Waals surface area contributed by atoms with Crippen LogP contribution >= 0.6 is 0 Å². The van der Waals surface area contributed by atoms with E-state index in [-0.39, 0.29) is 0 Å². The molecule has 0 saturated carbocycles. The monoisotopic (exact) mass is 246 g/mol.